The zero-order chi connectivity index (χ0) is 13.8. The van der Waals surface area contributed by atoms with Crippen molar-refractivity contribution in [3.63, 3.8) is 0 Å². The molecule has 1 amide bonds. The van der Waals surface area contributed by atoms with Gasteiger partial charge in [-0.25, -0.2) is 4.79 Å². The van der Waals surface area contributed by atoms with Crippen molar-refractivity contribution < 1.29 is 19.1 Å². The zero-order valence-corrected chi connectivity index (χ0v) is 11.6. The van der Waals surface area contributed by atoms with Crippen molar-refractivity contribution in [1.82, 2.24) is 4.90 Å². The van der Waals surface area contributed by atoms with Gasteiger partial charge in [0.1, 0.15) is 5.76 Å². The smallest absolute Gasteiger partial charge is 0.371 e. The summed E-state index contributed by atoms with van der Waals surface area (Å²) in [5.41, 5.74) is 0. The van der Waals surface area contributed by atoms with Crippen molar-refractivity contribution in [2.45, 2.75) is 25.0 Å². The number of hydrogen-bond acceptors (Lipinski definition) is 4. The molecule has 0 bridgehead atoms. The summed E-state index contributed by atoms with van der Waals surface area (Å²) in [6.07, 6.45) is 2.18. The van der Waals surface area contributed by atoms with Crippen LogP contribution in [-0.4, -0.2) is 40.7 Å². The monoisotopic (exact) mass is 283 g/mol. The van der Waals surface area contributed by atoms with E-state index in [1.807, 2.05) is 11.8 Å². The predicted octanol–water partition coefficient (Wildman–Crippen LogP) is 2.39. The Morgan fingerprint density at radius 3 is 2.68 bits per heavy atom. The van der Waals surface area contributed by atoms with Crippen LogP contribution in [0, 0.1) is 0 Å². The van der Waals surface area contributed by atoms with Crippen LogP contribution in [-0.2, 0) is 4.79 Å². The molecule has 2 rings (SSSR count). The van der Waals surface area contributed by atoms with Crippen LogP contribution >= 0.6 is 11.8 Å². The van der Waals surface area contributed by atoms with E-state index in [1.54, 1.807) is 6.07 Å². The first kappa shape index (κ1) is 14.0. The number of carbonyl (C=O) groups excluding carboxylic acids is 1. The second-order valence-electron chi connectivity index (χ2n) is 4.55. The van der Waals surface area contributed by atoms with E-state index in [9.17, 15) is 9.59 Å². The molecular weight excluding hydrogens is 266 g/mol. The first-order valence-corrected chi connectivity index (χ1v) is 7.35. The third-order valence-corrected chi connectivity index (χ3v) is 4.30. The highest BCUT2D eigenvalue weighted by Crippen LogP contribution is 2.30. The summed E-state index contributed by atoms with van der Waals surface area (Å²) in [5.74, 6) is 0.0190. The third-order valence-electron chi connectivity index (χ3n) is 3.15. The molecule has 104 valence electrons. The Balaban J connectivity index is 1.84. The maximum Gasteiger partial charge on any atom is 0.371 e. The van der Waals surface area contributed by atoms with Crippen molar-refractivity contribution >= 4 is 23.6 Å². The van der Waals surface area contributed by atoms with E-state index in [1.165, 1.54) is 17.8 Å². The molecule has 0 spiro atoms. The lowest BCUT2D eigenvalue weighted by Gasteiger charge is -2.16. The molecule has 1 aliphatic rings. The van der Waals surface area contributed by atoms with Gasteiger partial charge in [0.2, 0.25) is 11.7 Å². The molecule has 0 aliphatic carbocycles. The Hall–Kier alpha value is -1.43. The molecule has 5 nitrogen and oxygen atoms in total. The number of furan rings is 1. The topological polar surface area (TPSA) is 70.8 Å². The van der Waals surface area contributed by atoms with Crippen molar-refractivity contribution in [3.05, 3.63) is 23.7 Å². The SMILES string of the molecule is CC(SCC(=O)N1CCCC1)c1ccc(C(=O)O)o1. The summed E-state index contributed by atoms with van der Waals surface area (Å²) in [6, 6.07) is 3.10. The average Bonchev–Trinajstić information content (AvgIpc) is 3.05. The summed E-state index contributed by atoms with van der Waals surface area (Å²) in [7, 11) is 0. The molecule has 19 heavy (non-hydrogen) atoms. The van der Waals surface area contributed by atoms with E-state index in [2.05, 4.69) is 0 Å². The van der Waals surface area contributed by atoms with Crippen LogP contribution in [0.5, 0.6) is 0 Å². The minimum absolute atomic E-state index is 0.0281. The van der Waals surface area contributed by atoms with Crippen molar-refractivity contribution in [2.75, 3.05) is 18.8 Å². The fourth-order valence-electron chi connectivity index (χ4n) is 2.02. The molecule has 1 saturated heterocycles. The van der Waals surface area contributed by atoms with Gasteiger partial charge in [-0.3, -0.25) is 4.79 Å². The van der Waals surface area contributed by atoms with E-state index in [-0.39, 0.29) is 16.9 Å². The van der Waals surface area contributed by atoms with Crippen molar-refractivity contribution in [2.24, 2.45) is 0 Å². The van der Waals surface area contributed by atoms with Crippen LogP contribution in [0.3, 0.4) is 0 Å². The number of carbonyl (C=O) groups is 2. The predicted molar refractivity (Wildman–Crippen MR) is 72.4 cm³/mol. The van der Waals surface area contributed by atoms with Gasteiger partial charge >= 0.3 is 5.97 Å². The maximum atomic E-state index is 11.9. The lowest BCUT2D eigenvalue weighted by Crippen LogP contribution is -2.29. The molecule has 1 fully saturated rings. The zero-order valence-electron chi connectivity index (χ0n) is 10.8. The Kier molecular flexibility index (Phi) is 4.52. The lowest BCUT2D eigenvalue weighted by molar-refractivity contribution is -0.127. The standard InChI is InChI=1S/C13H17NO4S/c1-9(10-4-5-11(18-10)13(16)17)19-8-12(15)14-6-2-3-7-14/h4-5,9H,2-3,6-8H2,1H3,(H,16,17). The molecule has 1 unspecified atom stereocenters. The number of hydrogen-bond donors (Lipinski definition) is 1. The quantitative estimate of drug-likeness (QED) is 0.898. The van der Waals surface area contributed by atoms with Gasteiger partial charge in [-0.05, 0) is 31.9 Å². The van der Waals surface area contributed by atoms with E-state index in [4.69, 9.17) is 9.52 Å². The number of aromatic carboxylic acids is 1. The van der Waals surface area contributed by atoms with Crippen molar-refractivity contribution in [1.29, 1.82) is 0 Å². The Labute approximate surface area is 116 Å². The molecule has 2 heterocycles. The van der Waals surface area contributed by atoms with Crippen LogP contribution in [0.2, 0.25) is 0 Å². The number of amides is 1. The van der Waals surface area contributed by atoms with Crippen LogP contribution in [0.25, 0.3) is 0 Å². The fraction of sp³-hybridized carbons (Fsp3) is 0.538. The number of thioether (sulfide) groups is 1. The molecule has 0 aromatic carbocycles. The highest BCUT2D eigenvalue weighted by atomic mass is 32.2. The minimum Gasteiger partial charge on any atom is -0.475 e. The van der Waals surface area contributed by atoms with E-state index in [0.29, 0.717) is 11.5 Å². The Morgan fingerprint density at radius 2 is 2.11 bits per heavy atom. The second kappa shape index (κ2) is 6.14. The molecule has 1 aromatic heterocycles. The normalized spacial score (nSPS) is 16.6. The van der Waals surface area contributed by atoms with E-state index < -0.39 is 5.97 Å². The third kappa shape index (κ3) is 3.53. The highest BCUT2D eigenvalue weighted by molar-refractivity contribution is 8.00. The summed E-state index contributed by atoms with van der Waals surface area (Å²) >= 11 is 1.47. The first-order valence-electron chi connectivity index (χ1n) is 6.30. The highest BCUT2D eigenvalue weighted by Gasteiger charge is 2.20. The summed E-state index contributed by atoms with van der Waals surface area (Å²) in [5, 5.41) is 8.75. The van der Waals surface area contributed by atoms with Crippen LogP contribution in [0.1, 0.15) is 41.3 Å². The molecule has 1 N–H and O–H groups in total. The Morgan fingerprint density at radius 1 is 1.42 bits per heavy atom. The summed E-state index contributed by atoms with van der Waals surface area (Å²) in [6.45, 7) is 3.63. The number of likely N-dealkylation sites (tertiary alicyclic amines) is 1. The maximum absolute atomic E-state index is 11.9. The Bertz CT molecular complexity index is 465. The van der Waals surface area contributed by atoms with E-state index >= 15 is 0 Å². The molecule has 6 heteroatoms. The minimum atomic E-state index is -1.07. The molecular formula is C13H17NO4S. The number of nitrogens with zero attached hydrogens (tertiary/aromatic N) is 1. The van der Waals surface area contributed by atoms with Gasteiger partial charge < -0.3 is 14.4 Å². The van der Waals surface area contributed by atoms with Crippen LogP contribution in [0.4, 0.5) is 0 Å². The lowest BCUT2D eigenvalue weighted by atomic mass is 10.3. The van der Waals surface area contributed by atoms with Gasteiger partial charge in [-0.15, -0.1) is 11.8 Å². The van der Waals surface area contributed by atoms with Gasteiger partial charge in [-0.1, -0.05) is 0 Å². The van der Waals surface area contributed by atoms with Crippen LogP contribution in [0.15, 0.2) is 16.5 Å². The summed E-state index contributed by atoms with van der Waals surface area (Å²) in [4.78, 5) is 24.5. The first-order chi connectivity index (χ1) is 9.08. The molecule has 0 saturated carbocycles. The van der Waals surface area contributed by atoms with Crippen molar-refractivity contribution in [3.8, 4) is 0 Å². The number of rotatable bonds is 5. The molecule has 1 aliphatic heterocycles. The second-order valence-corrected chi connectivity index (χ2v) is 5.88. The molecule has 1 atom stereocenters. The van der Waals surface area contributed by atoms with Gasteiger partial charge in [0, 0.05) is 13.1 Å². The van der Waals surface area contributed by atoms with Gasteiger partial charge in [0.25, 0.3) is 0 Å². The average molecular weight is 283 g/mol. The largest absolute Gasteiger partial charge is 0.475 e. The van der Waals surface area contributed by atoms with Gasteiger partial charge in [0.05, 0.1) is 11.0 Å². The fourth-order valence-corrected chi connectivity index (χ4v) is 2.89. The summed E-state index contributed by atoms with van der Waals surface area (Å²) < 4.78 is 5.22. The molecule has 1 aromatic rings. The number of carboxylic acid groups (broad SMARTS) is 1. The van der Waals surface area contributed by atoms with Gasteiger partial charge in [-0.2, -0.15) is 0 Å². The molecule has 0 radical (unpaired) electrons. The van der Waals surface area contributed by atoms with Crippen LogP contribution < -0.4 is 0 Å². The van der Waals surface area contributed by atoms with Gasteiger partial charge in [0.15, 0.2) is 0 Å². The number of carboxylic acids is 1. The van der Waals surface area contributed by atoms with E-state index in [0.717, 1.165) is 25.9 Å².